The Balaban J connectivity index is 1.73. The van der Waals surface area contributed by atoms with Crippen molar-refractivity contribution in [2.75, 3.05) is 4.90 Å². The number of rotatable bonds is 4. The third-order valence-electron chi connectivity index (χ3n) is 4.46. The lowest BCUT2D eigenvalue weighted by Crippen LogP contribution is -2.30. The third-order valence-corrected chi connectivity index (χ3v) is 5.73. The van der Waals surface area contributed by atoms with Crippen LogP contribution in [0, 0.1) is 0 Å². The summed E-state index contributed by atoms with van der Waals surface area (Å²) < 4.78 is 39.4. The molecule has 3 nitrogen and oxygen atoms in total. The predicted molar refractivity (Wildman–Crippen MR) is 113 cm³/mol. The number of anilines is 1. The van der Waals surface area contributed by atoms with Crippen molar-refractivity contribution in [3.63, 3.8) is 0 Å². The molecular weight excluding hydrogens is 433 g/mol. The van der Waals surface area contributed by atoms with E-state index in [4.69, 9.17) is 11.6 Å². The molecule has 4 aromatic rings. The van der Waals surface area contributed by atoms with Crippen LogP contribution >= 0.6 is 22.9 Å². The maximum Gasteiger partial charge on any atom is 0.416 e. The van der Waals surface area contributed by atoms with Crippen molar-refractivity contribution in [3.8, 4) is 0 Å². The predicted octanol–water partition coefficient (Wildman–Crippen LogP) is 6.82. The zero-order chi connectivity index (χ0) is 21.3. The molecule has 3 aromatic carbocycles. The second kappa shape index (κ2) is 8.08. The Morgan fingerprint density at radius 1 is 1.00 bits per heavy atom. The Bertz CT molecular complexity index is 1190. The van der Waals surface area contributed by atoms with Gasteiger partial charge in [-0.1, -0.05) is 53.3 Å². The molecule has 0 fully saturated rings. The van der Waals surface area contributed by atoms with Gasteiger partial charge in [-0.2, -0.15) is 13.2 Å². The van der Waals surface area contributed by atoms with Crippen LogP contribution < -0.4 is 4.90 Å². The summed E-state index contributed by atoms with van der Waals surface area (Å²) in [5.41, 5.74) is 0.909. The van der Waals surface area contributed by atoms with Crippen LogP contribution in [0.4, 0.5) is 18.3 Å². The van der Waals surface area contributed by atoms with Crippen LogP contribution in [-0.4, -0.2) is 10.9 Å². The lowest BCUT2D eigenvalue weighted by molar-refractivity contribution is -0.137. The molecule has 0 radical (unpaired) electrons. The second-order valence-corrected chi connectivity index (χ2v) is 8.01. The van der Waals surface area contributed by atoms with Crippen molar-refractivity contribution in [2.24, 2.45) is 0 Å². The van der Waals surface area contributed by atoms with Crippen molar-refractivity contribution >= 4 is 44.2 Å². The average molecular weight is 447 g/mol. The minimum Gasteiger partial charge on any atom is -0.279 e. The van der Waals surface area contributed by atoms with Crippen molar-refractivity contribution in [1.29, 1.82) is 0 Å². The Morgan fingerprint density at radius 3 is 2.37 bits per heavy atom. The summed E-state index contributed by atoms with van der Waals surface area (Å²) in [6.07, 6.45) is -4.46. The Kier molecular flexibility index (Phi) is 5.49. The molecule has 0 N–H and O–H groups in total. The molecule has 0 atom stereocenters. The minimum atomic E-state index is -4.46. The van der Waals surface area contributed by atoms with Gasteiger partial charge in [0, 0.05) is 10.6 Å². The van der Waals surface area contributed by atoms with Gasteiger partial charge in [0.05, 0.1) is 22.3 Å². The van der Waals surface area contributed by atoms with E-state index in [0.717, 1.165) is 22.4 Å². The molecule has 0 saturated carbocycles. The summed E-state index contributed by atoms with van der Waals surface area (Å²) >= 11 is 7.35. The summed E-state index contributed by atoms with van der Waals surface area (Å²) in [5.74, 6) is -0.433. The summed E-state index contributed by atoms with van der Waals surface area (Å²) in [6.45, 7) is 0.230. The molecule has 0 bridgehead atoms. The van der Waals surface area contributed by atoms with E-state index in [1.807, 2.05) is 30.3 Å². The minimum absolute atomic E-state index is 0.149. The van der Waals surface area contributed by atoms with Gasteiger partial charge in [0.25, 0.3) is 5.91 Å². The first-order valence-electron chi connectivity index (χ1n) is 8.90. The number of aromatic nitrogens is 1. The second-order valence-electron chi connectivity index (χ2n) is 6.56. The molecule has 4 rings (SSSR count). The standard InChI is InChI=1S/C22H14ClF3N2OS/c23-17-10-11-18-19(12-17)30-21(27-18)28(13-14-4-2-1-3-5-14)20(29)15-6-8-16(9-7-15)22(24,25)26/h1-12H,13H2. The summed E-state index contributed by atoms with van der Waals surface area (Å²) in [4.78, 5) is 19.2. The fourth-order valence-corrected chi connectivity index (χ4v) is 4.19. The van der Waals surface area contributed by atoms with Crippen molar-refractivity contribution in [1.82, 2.24) is 4.98 Å². The first-order valence-corrected chi connectivity index (χ1v) is 10.1. The van der Waals surface area contributed by atoms with Gasteiger partial charge >= 0.3 is 6.18 Å². The lowest BCUT2D eigenvalue weighted by Gasteiger charge is -2.20. The lowest BCUT2D eigenvalue weighted by atomic mass is 10.1. The third kappa shape index (κ3) is 4.32. The van der Waals surface area contributed by atoms with Crippen LogP contribution in [0.2, 0.25) is 5.02 Å². The number of fused-ring (bicyclic) bond motifs is 1. The molecule has 0 aliphatic rings. The van der Waals surface area contributed by atoms with Crippen molar-refractivity contribution in [2.45, 2.75) is 12.7 Å². The van der Waals surface area contributed by atoms with Gasteiger partial charge in [-0.3, -0.25) is 9.69 Å². The molecule has 152 valence electrons. The SMILES string of the molecule is O=C(c1ccc(C(F)(F)F)cc1)N(Cc1ccccc1)c1nc2ccc(Cl)cc2s1. The first kappa shape index (κ1) is 20.4. The fourth-order valence-electron chi connectivity index (χ4n) is 2.95. The number of hydrogen-bond acceptors (Lipinski definition) is 3. The number of thiazole rings is 1. The van der Waals surface area contributed by atoms with Crippen LogP contribution in [0.5, 0.6) is 0 Å². The molecule has 8 heteroatoms. The van der Waals surface area contributed by atoms with Gasteiger partial charge in [-0.05, 0) is 48.0 Å². The number of hydrogen-bond donors (Lipinski definition) is 0. The van der Waals surface area contributed by atoms with E-state index in [1.54, 1.807) is 18.2 Å². The van der Waals surface area contributed by atoms with Crippen LogP contribution in [0.3, 0.4) is 0 Å². The van der Waals surface area contributed by atoms with E-state index in [1.165, 1.54) is 28.4 Å². The first-order chi connectivity index (χ1) is 14.3. The molecule has 0 aliphatic heterocycles. The molecule has 1 heterocycles. The van der Waals surface area contributed by atoms with E-state index < -0.39 is 17.6 Å². The molecule has 0 saturated heterocycles. The maximum atomic E-state index is 13.2. The highest BCUT2D eigenvalue weighted by Gasteiger charge is 2.31. The highest BCUT2D eigenvalue weighted by molar-refractivity contribution is 7.22. The highest BCUT2D eigenvalue weighted by atomic mass is 35.5. The molecular formula is C22H14ClF3N2OS. The number of halogens is 4. The van der Waals surface area contributed by atoms with E-state index in [0.29, 0.717) is 15.7 Å². The van der Waals surface area contributed by atoms with Gasteiger partial charge in [0.15, 0.2) is 5.13 Å². The molecule has 0 spiro atoms. The highest BCUT2D eigenvalue weighted by Crippen LogP contribution is 2.33. The Hall–Kier alpha value is -2.90. The largest absolute Gasteiger partial charge is 0.416 e. The zero-order valence-electron chi connectivity index (χ0n) is 15.4. The van der Waals surface area contributed by atoms with Gasteiger partial charge < -0.3 is 0 Å². The Labute approximate surface area is 179 Å². The number of amides is 1. The summed E-state index contributed by atoms with van der Waals surface area (Å²) in [5, 5.41) is 1.00. The molecule has 0 unspecified atom stereocenters. The van der Waals surface area contributed by atoms with E-state index in [-0.39, 0.29) is 12.1 Å². The summed E-state index contributed by atoms with van der Waals surface area (Å²) in [7, 11) is 0. The van der Waals surface area contributed by atoms with E-state index >= 15 is 0 Å². The van der Waals surface area contributed by atoms with Crippen LogP contribution in [0.25, 0.3) is 10.2 Å². The normalized spacial score (nSPS) is 11.6. The number of nitrogens with zero attached hydrogens (tertiary/aromatic N) is 2. The van der Waals surface area contributed by atoms with Gasteiger partial charge in [-0.25, -0.2) is 4.98 Å². The topological polar surface area (TPSA) is 33.2 Å². The molecule has 0 aliphatic carbocycles. The molecule has 1 amide bonds. The number of alkyl halides is 3. The molecule has 30 heavy (non-hydrogen) atoms. The monoisotopic (exact) mass is 446 g/mol. The van der Waals surface area contributed by atoms with Crippen LogP contribution in [0.15, 0.2) is 72.8 Å². The van der Waals surface area contributed by atoms with Crippen molar-refractivity contribution in [3.05, 3.63) is 94.5 Å². The Morgan fingerprint density at radius 2 is 1.70 bits per heavy atom. The molecule has 1 aromatic heterocycles. The van der Waals surface area contributed by atoms with E-state index in [9.17, 15) is 18.0 Å². The zero-order valence-corrected chi connectivity index (χ0v) is 16.9. The number of carbonyl (C=O) groups is 1. The van der Waals surface area contributed by atoms with Crippen LogP contribution in [0.1, 0.15) is 21.5 Å². The average Bonchev–Trinajstić information content (AvgIpc) is 3.14. The maximum absolute atomic E-state index is 13.2. The van der Waals surface area contributed by atoms with E-state index in [2.05, 4.69) is 4.98 Å². The van der Waals surface area contributed by atoms with Gasteiger partial charge in [0.2, 0.25) is 0 Å². The number of carbonyl (C=O) groups excluding carboxylic acids is 1. The van der Waals surface area contributed by atoms with Gasteiger partial charge in [-0.15, -0.1) is 0 Å². The quantitative estimate of drug-likeness (QED) is 0.345. The smallest absolute Gasteiger partial charge is 0.279 e. The number of benzene rings is 3. The van der Waals surface area contributed by atoms with Crippen molar-refractivity contribution < 1.29 is 18.0 Å². The fraction of sp³-hybridized carbons (Fsp3) is 0.0909. The summed E-state index contributed by atoms with van der Waals surface area (Å²) in [6, 6.07) is 18.8. The van der Waals surface area contributed by atoms with Crippen LogP contribution in [-0.2, 0) is 12.7 Å². The van der Waals surface area contributed by atoms with Gasteiger partial charge in [0.1, 0.15) is 0 Å².